The molecule has 3 unspecified atom stereocenters. The molecule has 9 atom stereocenters. The lowest BCUT2D eigenvalue weighted by Crippen LogP contribution is -2.79. The van der Waals surface area contributed by atoms with Gasteiger partial charge in [0.15, 0.2) is 11.4 Å². The molecule has 0 amide bonds. The number of ether oxygens (including phenoxy) is 5. The first-order chi connectivity index (χ1) is 23.6. The molecule has 4 aliphatic rings. The van der Waals surface area contributed by atoms with E-state index in [1.54, 1.807) is 65.1 Å². The van der Waals surface area contributed by atoms with E-state index in [-0.39, 0.29) is 25.0 Å². The summed E-state index contributed by atoms with van der Waals surface area (Å²) in [6.45, 7) is 16.8. The lowest BCUT2D eigenvalue weighted by molar-refractivity contribution is -0.336. The van der Waals surface area contributed by atoms with Gasteiger partial charge in [0.25, 0.3) is 0 Å². The van der Waals surface area contributed by atoms with Crippen molar-refractivity contribution in [2.24, 2.45) is 28.1 Å². The fourth-order valence-electron chi connectivity index (χ4n) is 9.05. The van der Waals surface area contributed by atoms with Gasteiger partial charge in [0.05, 0.1) is 28.9 Å². The quantitative estimate of drug-likeness (QED) is 0.226. The van der Waals surface area contributed by atoms with Gasteiger partial charge in [-0.2, -0.15) is 0 Å². The average Bonchev–Trinajstić information content (AvgIpc) is 3.04. The van der Waals surface area contributed by atoms with Crippen LogP contribution in [0.25, 0.3) is 0 Å². The Kier molecular flexibility index (Phi) is 9.93. The molecule has 280 valence electrons. The number of nitrogens with one attached hydrogen (secondary N) is 1. The Hall–Kier alpha value is -3.61. The minimum absolute atomic E-state index is 0.000329. The maximum absolute atomic E-state index is 15.1. The monoisotopic (exact) mass is 711 g/mol. The SMILES string of the molecule is CNC(C)(C)C(C)(C)C(=O)O[C@H]1CC2C(OC(=O)c3ccccc3)C3[C@](C)(C(=O)[C@H](O)C(=C1C)C2(C)C)[C@@H](OC(C)=O)C[C@H]1OC[C@@]31OC(C)=O. The lowest BCUT2D eigenvalue weighted by atomic mass is 9.46. The molecule has 2 bridgehead atoms. The van der Waals surface area contributed by atoms with Gasteiger partial charge in [0, 0.05) is 31.7 Å². The number of carbonyl (C=O) groups is 5. The molecular weight excluding hydrogens is 658 g/mol. The van der Waals surface area contributed by atoms with Crippen LogP contribution >= 0.6 is 0 Å². The second kappa shape index (κ2) is 13.1. The van der Waals surface area contributed by atoms with Crippen LogP contribution in [0.15, 0.2) is 41.5 Å². The molecule has 3 fully saturated rings. The van der Waals surface area contributed by atoms with Gasteiger partial charge in [0.2, 0.25) is 0 Å². The minimum Gasteiger partial charge on any atom is -0.461 e. The number of benzene rings is 1. The standard InChI is InChI=1S/C39H53NO11/c1-20-25(49-34(46)36(6,7)37(8,9)40-11)17-24-30(50-33(45)23-15-13-12-14-16-23)31-38(10,32(44)29(43)28(20)35(24,4)5)26(48-21(2)41)18-27-39(31,19-47-27)51-22(3)42/h12-16,24-27,29-31,40,43H,17-19H2,1-11H3/t24?,25-,26-,27+,29+,30?,31?,38+,39-/m0/s1. The third-order valence-corrected chi connectivity index (χ3v) is 12.9. The summed E-state index contributed by atoms with van der Waals surface area (Å²) in [7, 11) is 1.76. The number of ketones is 1. The second-order valence-corrected chi connectivity index (χ2v) is 16.5. The van der Waals surface area contributed by atoms with Crippen LogP contribution in [-0.4, -0.2) is 90.1 Å². The first kappa shape index (κ1) is 38.6. The number of fused-ring (bicyclic) bond motifs is 5. The molecule has 12 nitrogen and oxygen atoms in total. The minimum atomic E-state index is -1.73. The Labute approximate surface area is 299 Å². The second-order valence-electron chi connectivity index (χ2n) is 16.5. The van der Waals surface area contributed by atoms with E-state index in [1.165, 1.54) is 13.8 Å². The van der Waals surface area contributed by atoms with Crippen molar-refractivity contribution in [1.82, 2.24) is 5.32 Å². The fourth-order valence-corrected chi connectivity index (χ4v) is 9.05. The van der Waals surface area contributed by atoms with Gasteiger partial charge >= 0.3 is 23.9 Å². The Morgan fingerprint density at radius 1 is 0.941 bits per heavy atom. The van der Waals surface area contributed by atoms with E-state index in [0.29, 0.717) is 11.1 Å². The van der Waals surface area contributed by atoms with Crippen molar-refractivity contribution in [1.29, 1.82) is 0 Å². The largest absolute Gasteiger partial charge is 0.461 e. The topological polar surface area (TPSA) is 164 Å². The van der Waals surface area contributed by atoms with Crippen LogP contribution in [0.5, 0.6) is 0 Å². The van der Waals surface area contributed by atoms with E-state index >= 15 is 4.79 Å². The van der Waals surface area contributed by atoms with Gasteiger partial charge < -0.3 is 34.1 Å². The molecule has 2 N–H and O–H groups in total. The van der Waals surface area contributed by atoms with Gasteiger partial charge in [-0.05, 0) is 83.7 Å². The van der Waals surface area contributed by atoms with E-state index in [1.807, 2.05) is 27.7 Å². The van der Waals surface area contributed by atoms with Gasteiger partial charge in [-0.15, -0.1) is 0 Å². The first-order valence-electron chi connectivity index (χ1n) is 17.7. The third kappa shape index (κ3) is 6.00. The van der Waals surface area contributed by atoms with Crippen LogP contribution in [0.3, 0.4) is 0 Å². The molecule has 5 rings (SSSR count). The van der Waals surface area contributed by atoms with Crippen molar-refractivity contribution in [2.45, 2.75) is 124 Å². The van der Waals surface area contributed by atoms with E-state index in [9.17, 15) is 24.3 Å². The van der Waals surface area contributed by atoms with Crippen molar-refractivity contribution >= 4 is 29.7 Å². The number of aliphatic hydroxyl groups excluding tert-OH is 1. The Morgan fingerprint density at radius 2 is 1.57 bits per heavy atom. The number of hydrogen-bond donors (Lipinski definition) is 2. The maximum atomic E-state index is 15.1. The predicted molar refractivity (Wildman–Crippen MR) is 184 cm³/mol. The molecule has 0 spiro atoms. The van der Waals surface area contributed by atoms with E-state index in [2.05, 4.69) is 5.32 Å². The number of Topliss-reactive ketones (excluding diaryl/α,β-unsaturated/α-hetero) is 1. The van der Waals surface area contributed by atoms with Gasteiger partial charge in [-0.3, -0.25) is 19.2 Å². The lowest BCUT2D eigenvalue weighted by Gasteiger charge is -2.66. The first-order valence-corrected chi connectivity index (χ1v) is 17.7. The van der Waals surface area contributed by atoms with E-state index < -0.39 is 99.4 Å². The molecule has 51 heavy (non-hydrogen) atoms. The molecule has 1 aliphatic heterocycles. The number of aliphatic hydroxyl groups is 1. The summed E-state index contributed by atoms with van der Waals surface area (Å²) in [6.07, 6.45) is -5.63. The summed E-state index contributed by atoms with van der Waals surface area (Å²) in [6, 6.07) is 8.38. The summed E-state index contributed by atoms with van der Waals surface area (Å²) in [4.78, 5) is 68.7. The van der Waals surface area contributed by atoms with Crippen LogP contribution in [0.4, 0.5) is 0 Å². The zero-order chi connectivity index (χ0) is 38.1. The Balaban J connectivity index is 1.77. The van der Waals surface area contributed by atoms with Gasteiger partial charge in [0.1, 0.15) is 30.5 Å². The molecule has 12 heteroatoms. The summed E-state index contributed by atoms with van der Waals surface area (Å²) >= 11 is 0. The van der Waals surface area contributed by atoms with Crippen LogP contribution < -0.4 is 5.32 Å². The number of carbonyl (C=O) groups excluding carboxylic acids is 5. The molecule has 0 aromatic heterocycles. The number of hydrogen-bond acceptors (Lipinski definition) is 12. The molecule has 2 saturated carbocycles. The third-order valence-electron chi connectivity index (χ3n) is 12.9. The average molecular weight is 712 g/mol. The normalized spacial score (nSPS) is 34.4. The smallest absolute Gasteiger partial charge is 0.338 e. The number of esters is 4. The zero-order valence-electron chi connectivity index (χ0n) is 31.6. The van der Waals surface area contributed by atoms with Crippen LogP contribution in [0.2, 0.25) is 0 Å². The molecule has 1 aromatic carbocycles. The Morgan fingerprint density at radius 3 is 2.10 bits per heavy atom. The van der Waals surface area contributed by atoms with E-state index in [4.69, 9.17) is 23.7 Å². The summed E-state index contributed by atoms with van der Waals surface area (Å²) in [5.41, 5.74) is -4.81. The molecule has 1 aromatic rings. The Bertz CT molecular complexity index is 1630. The summed E-state index contributed by atoms with van der Waals surface area (Å²) < 4.78 is 30.8. The highest BCUT2D eigenvalue weighted by atomic mass is 16.6. The predicted octanol–water partition coefficient (Wildman–Crippen LogP) is 4.11. The van der Waals surface area contributed by atoms with Crippen LogP contribution in [0.1, 0.15) is 92.4 Å². The highest BCUT2D eigenvalue weighted by Crippen LogP contribution is 2.63. The van der Waals surface area contributed by atoms with Crippen molar-refractivity contribution < 1.29 is 52.8 Å². The maximum Gasteiger partial charge on any atom is 0.338 e. The summed E-state index contributed by atoms with van der Waals surface area (Å²) in [5, 5.41) is 15.5. The number of rotatable bonds is 8. The van der Waals surface area contributed by atoms with Crippen molar-refractivity contribution in [3.05, 3.63) is 47.0 Å². The fraction of sp³-hybridized carbons (Fsp3) is 0.667. The van der Waals surface area contributed by atoms with Crippen molar-refractivity contribution in [3.8, 4) is 0 Å². The molecular formula is C39H53NO11. The highest BCUT2D eigenvalue weighted by molar-refractivity contribution is 5.94. The molecule has 1 saturated heterocycles. The van der Waals surface area contributed by atoms with Crippen LogP contribution in [-0.2, 0) is 42.9 Å². The van der Waals surface area contributed by atoms with Crippen molar-refractivity contribution in [2.75, 3.05) is 13.7 Å². The molecule has 3 aliphatic carbocycles. The molecule has 0 radical (unpaired) electrons. The van der Waals surface area contributed by atoms with Gasteiger partial charge in [-0.25, -0.2) is 4.79 Å². The van der Waals surface area contributed by atoms with Crippen LogP contribution in [0, 0.1) is 28.1 Å². The highest BCUT2D eigenvalue weighted by Gasteiger charge is 2.76. The zero-order valence-corrected chi connectivity index (χ0v) is 31.6. The van der Waals surface area contributed by atoms with Crippen molar-refractivity contribution in [3.63, 3.8) is 0 Å². The van der Waals surface area contributed by atoms with E-state index in [0.717, 1.165) is 0 Å². The summed E-state index contributed by atoms with van der Waals surface area (Å²) in [5.74, 6) is -5.03. The molecule has 1 heterocycles. The van der Waals surface area contributed by atoms with Gasteiger partial charge in [-0.1, -0.05) is 32.0 Å².